The van der Waals surface area contributed by atoms with Crippen molar-refractivity contribution in [3.05, 3.63) is 105 Å². The lowest BCUT2D eigenvalue weighted by atomic mass is 9.84. The Balaban J connectivity index is 1.38. The first kappa shape index (κ1) is 27.8. The van der Waals surface area contributed by atoms with Crippen LogP contribution in [-0.4, -0.2) is 32.5 Å². The van der Waals surface area contributed by atoms with E-state index in [1.807, 2.05) is 0 Å². The van der Waals surface area contributed by atoms with Gasteiger partial charge in [0.05, 0.1) is 27.9 Å². The first-order chi connectivity index (χ1) is 20.0. The van der Waals surface area contributed by atoms with Gasteiger partial charge >= 0.3 is 11.0 Å². The molecule has 2 aromatic heterocycles. The molecule has 0 spiro atoms. The van der Waals surface area contributed by atoms with E-state index >= 15 is 0 Å². The van der Waals surface area contributed by atoms with E-state index in [1.54, 1.807) is 12.1 Å². The Labute approximate surface area is 243 Å². The Hall–Kier alpha value is -4.30. The molecule has 14 heteroatoms. The molecule has 2 aliphatic heterocycles. The minimum Gasteiger partial charge on any atom is -0.324 e. The van der Waals surface area contributed by atoms with E-state index in [0.29, 0.717) is 10.4 Å². The minimum absolute atomic E-state index is 0.190. The van der Waals surface area contributed by atoms with Crippen LogP contribution in [0.25, 0.3) is 0 Å². The number of amides is 3. The van der Waals surface area contributed by atoms with E-state index in [9.17, 15) is 36.7 Å². The fraction of sp³-hybridized carbons (Fsp3) is 0.179. The molecule has 2 unspecified atom stereocenters. The van der Waals surface area contributed by atoms with Crippen LogP contribution in [0, 0.1) is 11.7 Å². The van der Waals surface area contributed by atoms with Gasteiger partial charge in [-0.1, -0.05) is 41.3 Å². The van der Waals surface area contributed by atoms with Gasteiger partial charge in [-0.25, -0.2) is 9.29 Å². The maximum absolute atomic E-state index is 13.8. The number of alkyl halides is 3. The second-order valence-electron chi connectivity index (χ2n) is 9.53. The quantitative estimate of drug-likeness (QED) is 0.254. The number of para-hydroxylation sites is 1. The summed E-state index contributed by atoms with van der Waals surface area (Å²) in [6.45, 7) is -0.620. The molecule has 3 amide bonds. The molecule has 2 aromatic carbocycles. The second kappa shape index (κ2) is 10.5. The number of nitrogens with one attached hydrogen (secondary N) is 1. The fourth-order valence-electron chi connectivity index (χ4n) is 5.19. The number of halogens is 4. The average molecular weight is 615 g/mol. The van der Waals surface area contributed by atoms with Crippen LogP contribution in [0.3, 0.4) is 0 Å². The Morgan fingerprint density at radius 2 is 1.71 bits per heavy atom. The number of thioether (sulfide) groups is 1. The molecule has 0 bridgehead atoms. The van der Waals surface area contributed by atoms with Crippen molar-refractivity contribution in [3.63, 3.8) is 0 Å². The smallest absolute Gasteiger partial charge is 0.324 e. The maximum atomic E-state index is 13.8. The molecule has 0 radical (unpaired) electrons. The molecule has 2 aliphatic rings. The van der Waals surface area contributed by atoms with E-state index in [0.717, 1.165) is 56.8 Å². The number of thiazole rings is 1. The van der Waals surface area contributed by atoms with Gasteiger partial charge in [-0.05, 0) is 48.0 Å². The van der Waals surface area contributed by atoms with Crippen molar-refractivity contribution < 1.29 is 31.9 Å². The average Bonchev–Trinajstić information content (AvgIpc) is 3.40. The SMILES string of the molecule is O=C(Cn1c2c(sc1=O)[C@H](c1cccnc1)C1C(=O)N(c3ccc(F)cc3)C(=O)C1S2)Nc1ccccc1C(F)(F)F. The van der Waals surface area contributed by atoms with Gasteiger partial charge in [0.15, 0.2) is 0 Å². The zero-order valence-corrected chi connectivity index (χ0v) is 22.8. The van der Waals surface area contributed by atoms with Gasteiger partial charge in [-0.15, -0.1) is 0 Å². The molecule has 3 atom stereocenters. The Morgan fingerprint density at radius 1 is 0.976 bits per heavy atom. The van der Waals surface area contributed by atoms with Crippen LogP contribution in [-0.2, 0) is 27.1 Å². The zero-order chi connectivity index (χ0) is 29.8. The molecular formula is C28H18F4N4O4S2. The molecule has 1 fully saturated rings. The van der Waals surface area contributed by atoms with Gasteiger partial charge in [0.25, 0.3) is 0 Å². The molecule has 0 saturated carbocycles. The topological polar surface area (TPSA) is 101 Å². The number of benzene rings is 2. The summed E-state index contributed by atoms with van der Waals surface area (Å²) in [5.74, 6) is -4.22. The molecule has 1 saturated heterocycles. The van der Waals surface area contributed by atoms with Gasteiger partial charge in [0.1, 0.15) is 17.6 Å². The van der Waals surface area contributed by atoms with E-state index in [-0.39, 0.29) is 10.7 Å². The summed E-state index contributed by atoms with van der Waals surface area (Å²) in [5.41, 5.74) is -0.745. The number of rotatable bonds is 5. The minimum atomic E-state index is -4.71. The first-order valence-electron chi connectivity index (χ1n) is 12.4. The van der Waals surface area contributed by atoms with Gasteiger partial charge in [0.2, 0.25) is 17.7 Å². The number of pyridine rings is 1. The lowest BCUT2D eigenvalue weighted by Gasteiger charge is -2.30. The summed E-state index contributed by atoms with van der Waals surface area (Å²) in [5, 5.41) is 1.51. The van der Waals surface area contributed by atoms with Gasteiger partial charge in [-0.2, -0.15) is 13.2 Å². The van der Waals surface area contributed by atoms with E-state index < -0.39 is 69.5 Å². The van der Waals surface area contributed by atoms with Crippen molar-refractivity contribution in [3.8, 4) is 0 Å². The normalized spacial score (nSPS) is 19.9. The zero-order valence-electron chi connectivity index (χ0n) is 21.2. The second-order valence-corrected chi connectivity index (χ2v) is 11.7. The Kier molecular flexibility index (Phi) is 6.97. The summed E-state index contributed by atoms with van der Waals surface area (Å²) < 4.78 is 55.0. The summed E-state index contributed by atoms with van der Waals surface area (Å²) in [6, 6.07) is 12.7. The third-order valence-electron chi connectivity index (χ3n) is 6.99. The van der Waals surface area contributed by atoms with Crippen molar-refractivity contribution in [2.45, 2.75) is 28.9 Å². The van der Waals surface area contributed by atoms with Crippen LogP contribution >= 0.6 is 23.1 Å². The molecular weight excluding hydrogens is 596 g/mol. The van der Waals surface area contributed by atoms with E-state index in [4.69, 9.17) is 0 Å². The van der Waals surface area contributed by atoms with Crippen molar-refractivity contribution in [1.29, 1.82) is 0 Å². The monoisotopic (exact) mass is 614 g/mol. The van der Waals surface area contributed by atoms with Crippen molar-refractivity contribution in [2.24, 2.45) is 5.92 Å². The number of anilines is 2. The standard InChI is InChI=1S/C28H18F4N4O4S2/c29-15-7-9-16(10-8-15)36-24(38)21-20(14-4-3-11-33-12-14)23-26(41-22(21)25(36)39)35(27(40)42-23)13-19(37)34-18-6-2-1-5-17(18)28(30,31)32/h1-12,20-22H,13H2,(H,34,37)/t20-,21?,22?/m1/s1. The highest BCUT2D eigenvalue weighted by molar-refractivity contribution is 8.00. The van der Waals surface area contributed by atoms with Gasteiger partial charge in [-0.3, -0.25) is 28.7 Å². The van der Waals surface area contributed by atoms with E-state index in [2.05, 4.69) is 10.3 Å². The largest absolute Gasteiger partial charge is 0.418 e. The van der Waals surface area contributed by atoms with Gasteiger partial charge < -0.3 is 5.32 Å². The molecule has 0 aliphatic carbocycles. The Morgan fingerprint density at radius 3 is 2.40 bits per heavy atom. The molecule has 4 heterocycles. The van der Waals surface area contributed by atoms with Crippen LogP contribution in [0.15, 0.2) is 82.9 Å². The summed E-state index contributed by atoms with van der Waals surface area (Å²) >= 11 is 1.74. The maximum Gasteiger partial charge on any atom is 0.418 e. The van der Waals surface area contributed by atoms with Crippen LogP contribution in [0.5, 0.6) is 0 Å². The summed E-state index contributed by atoms with van der Waals surface area (Å²) in [4.78, 5) is 58.5. The number of nitrogens with zero attached hydrogens (tertiary/aromatic N) is 3. The Bertz CT molecular complexity index is 1770. The highest BCUT2D eigenvalue weighted by Gasteiger charge is 2.57. The number of hydrogen-bond acceptors (Lipinski definition) is 7. The summed E-state index contributed by atoms with van der Waals surface area (Å²) in [6.07, 6.45) is -1.66. The molecule has 42 heavy (non-hydrogen) atoms. The van der Waals surface area contributed by atoms with Crippen molar-refractivity contribution >= 4 is 52.2 Å². The van der Waals surface area contributed by atoms with Crippen molar-refractivity contribution in [1.82, 2.24) is 9.55 Å². The number of fused-ring (bicyclic) bond motifs is 2. The van der Waals surface area contributed by atoms with E-state index in [1.165, 1.54) is 36.7 Å². The van der Waals surface area contributed by atoms with Crippen LogP contribution in [0.4, 0.5) is 28.9 Å². The van der Waals surface area contributed by atoms with Crippen molar-refractivity contribution in [2.75, 3.05) is 10.2 Å². The fourth-order valence-corrected chi connectivity index (χ4v) is 7.96. The highest BCUT2D eigenvalue weighted by Crippen LogP contribution is 2.53. The number of aromatic nitrogens is 2. The van der Waals surface area contributed by atoms with Crippen LogP contribution in [0.2, 0.25) is 0 Å². The van der Waals surface area contributed by atoms with Crippen LogP contribution < -0.4 is 15.1 Å². The molecule has 1 N–H and O–H groups in total. The lowest BCUT2D eigenvalue weighted by molar-refractivity contribution is -0.137. The van der Waals surface area contributed by atoms with Gasteiger partial charge in [0, 0.05) is 23.2 Å². The number of carbonyl (C=O) groups is 3. The molecule has 8 nitrogen and oxygen atoms in total. The summed E-state index contributed by atoms with van der Waals surface area (Å²) in [7, 11) is 0. The number of imide groups is 1. The first-order valence-corrected chi connectivity index (χ1v) is 14.1. The lowest BCUT2D eigenvalue weighted by Crippen LogP contribution is -2.33. The number of carbonyl (C=O) groups excluding carboxylic acids is 3. The van der Waals surface area contributed by atoms with Crippen LogP contribution in [0.1, 0.15) is 21.9 Å². The molecule has 214 valence electrons. The highest BCUT2D eigenvalue weighted by atomic mass is 32.2. The molecule has 6 rings (SSSR count). The predicted molar refractivity (Wildman–Crippen MR) is 147 cm³/mol. The third-order valence-corrected chi connectivity index (χ3v) is 9.59. The third kappa shape index (κ3) is 4.79. The molecule has 4 aromatic rings. The number of hydrogen-bond donors (Lipinski definition) is 1. The predicted octanol–water partition coefficient (Wildman–Crippen LogP) is 4.90.